The average molecular weight is 386 g/mol. The first-order chi connectivity index (χ1) is 14.8. The molecule has 0 saturated heterocycles. The maximum Gasteiger partial charge on any atom is 0.141 e. The summed E-state index contributed by atoms with van der Waals surface area (Å²) in [5.74, 6) is 0.760. The molecule has 1 heterocycles. The lowest BCUT2D eigenvalue weighted by Crippen LogP contribution is -1.96. The highest BCUT2D eigenvalue weighted by Crippen LogP contribution is 2.30. The Morgan fingerprint density at radius 1 is 0.767 bits per heavy atom. The standard InChI is InChI=1S/C26H18N4/c27-14-13-18-5-10-23(11-6-18)30-26-24-16-22(9-12-25(24)28-17-29-26)21-8-7-19-3-1-2-4-20(19)15-21/h1-12,15-17H,13H2,(H,28,29,30). The summed E-state index contributed by atoms with van der Waals surface area (Å²) >= 11 is 0. The average Bonchev–Trinajstić information content (AvgIpc) is 2.80. The number of nitrogens with zero attached hydrogens (tertiary/aromatic N) is 3. The molecular formula is C26H18N4. The maximum absolute atomic E-state index is 8.84. The number of benzene rings is 4. The van der Waals surface area contributed by atoms with Crippen molar-refractivity contribution in [2.75, 3.05) is 5.32 Å². The number of hydrogen-bond donors (Lipinski definition) is 1. The summed E-state index contributed by atoms with van der Waals surface area (Å²) in [7, 11) is 0. The number of rotatable bonds is 4. The predicted molar refractivity (Wildman–Crippen MR) is 122 cm³/mol. The number of anilines is 2. The first kappa shape index (κ1) is 17.8. The molecule has 0 bridgehead atoms. The highest BCUT2D eigenvalue weighted by Gasteiger charge is 2.08. The van der Waals surface area contributed by atoms with Gasteiger partial charge >= 0.3 is 0 Å². The van der Waals surface area contributed by atoms with E-state index in [0.717, 1.165) is 39.1 Å². The molecule has 4 nitrogen and oxygen atoms in total. The molecule has 1 aromatic heterocycles. The molecular weight excluding hydrogens is 368 g/mol. The lowest BCUT2D eigenvalue weighted by molar-refractivity contribution is 1.21. The van der Waals surface area contributed by atoms with E-state index >= 15 is 0 Å². The Labute approximate surface area is 174 Å². The monoisotopic (exact) mass is 386 g/mol. The van der Waals surface area contributed by atoms with Crippen LogP contribution in [0.4, 0.5) is 11.5 Å². The van der Waals surface area contributed by atoms with Gasteiger partial charge in [0.1, 0.15) is 12.1 Å². The van der Waals surface area contributed by atoms with Crippen LogP contribution >= 0.6 is 0 Å². The summed E-state index contributed by atoms with van der Waals surface area (Å²) < 4.78 is 0. The van der Waals surface area contributed by atoms with Crippen molar-refractivity contribution in [2.24, 2.45) is 0 Å². The van der Waals surface area contributed by atoms with Gasteiger partial charge in [-0.2, -0.15) is 5.26 Å². The third kappa shape index (κ3) is 3.45. The lowest BCUT2D eigenvalue weighted by Gasteiger charge is -2.11. The second kappa shape index (κ2) is 7.65. The first-order valence-electron chi connectivity index (χ1n) is 9.77. The van der Waals surface area contributed by atoms with Crippen molar-refractivity contribution in [3.63, 3.8) is 0 Å². The fourth-order valence-electron chi connectivity index (χ4n) is 3.64. The van der Waals surface area contributed by atoms with E-state index in [1.807, 2.05) is 30.3 Å². The van der Waals surface area contributed by atoms with Crippen LogP contribution in [0.15, 0.2) is 91.3 Å². The van der Waals surface area contributed by atoms with Crippen molar-refractivity contribution in [2.45, 2.75) is 6.42 Å². The molecule has 1 N–H and O–H groups in total. The minimum Gasteiger partial charge on any atom is -0.340 e. The lowest BCUT2D eigenvalue weighted by atomic mass is 10.00. The summed E-state index contributed by atoms with van der Waals surface area (Å²) in [4.78, 5) is 8.89. The van der Waals surface area contributed by atoms with E-state index in [0.29, 0.717) is 6.42 Å². The van der Waals surface area contributed by atoms with Gasteiger partial charge in [0.2, 0.25) is 0 Å². The molecule has 0 spiro atoms. The van der Waals surface area contributed by atoms with Gasteiger partial charge in [0.25, 0.3) is 0 Å². The molecule has 0 atom stereocenters. The van der Waals surface area contributed by atoms with Crippen molar-refractivity contribution >= 4 is 33.2 Å². The third-order valence-electron chi connectivity index (χ3n) is 5.22. The van der Waals surface area contributed by atoms with Gasteiger partial charge in [-0.25, -0.2) is 9.97 Å². The summed E-state index contributed by atoms with van der Waals surface area (Å²) in [6.07, 6.45) is 1.98. The molecule has 0 aliphatic carbocycles. The molecule has 4 heteroatoms. The SMILES string of the molecule is N#CCc1ccc(Nc2ncnc3ccc(-c4ccc5ccccc5c4)cc23)cc1. The zero-order chi connectivity index (χ0) is 20.3. The van der Waals surface area contributed by atoms with Crippen LogP contribution in [0, 0.1) is 11.3 Å². The van der Waals surface area contributed by atoms with E-state index < -0.39 is 0 Å². The van der Waals surface area contributed by atoms with E-state index in [1.165, 1.54) is 10.8 Å². The second-order valence-corrected chi connectivity index (χ2v) is 7.17. The summed E-state index contributed by atoms with van der Waals surface area (Å²) in [5, 5.41) is 15.6. The van der Waals surface area contributed by atoms with Gasteiger partial charge in [-0.1, -0.05) is 54.6 Å². The van der Waals surface area contributed by atoms with Crippen molar-refractivity contribution < 1.29 is 0 Å². The van der Waals surface area contributed by atoms with Crippen LogP contribution in [0.1, 0.15) is 5.56 Å². The summed E-state index contributed by atoms with van der Waals surface area (Å²) in [6.45, 7) is 0. The molecule has 0 aliphatic rings. The second-order valence-electron chi connectivity index (χ2n) is 7.17. The molecule has 0 aliphatic heterocycles. The minimum atomic E-state index is 0.409. The van der Waals surface area contributed by atoms with Gasteiger partial charge in [-0.15, -0.1) is 0 Å². The van der Waals surface area contributed by atoms with Crippen molar-refractivity contribution in [3.8, 4) is 17.2 Å². The van der Waals surface area contributed by atoms with E-state index in [1.54, 1.807) is 6.33 Å². The fourth-order valence-corrected chi connectivity index (χ4v) is 3.64. The van der Waals surface area contributed by atoms with Crippen LogP contribution in [0.3, 0.4) is 0 Å². The van der Waals surface area contributed by atoms with Gasteiger partial charge in [-0.05, 0) is 57.8 Å². The number of nitriles is 1. The van der Waals surface area contributed by atoms with Crippen molar-refractivity contribution in [1.82, 2.24) is 9.97 Å². The topological polar surface area (TPSA) is 61.6 Å². The number of nitrogens with one attached hydrogen (secondary N) is 1. The van der Waals surface area contributed by atoms with Crippen LogP contribution in [0.2, 0.25) is 0 Å². The Kier molecular flexibility index (Phi) is 4.55. The van der Waals surface area contributed by atoms with Gasteiger partial charge in [0.05, 0.1) is 18.0 Å². The van der Waals surface area contributed by atoms with Gasteiger partial charge < -0.3 is 5.32 Å². The molecule has 0 amide bonds. The Morgan fingerprint density at radius 3 is 2.37 bits per heavy atom. The van der Waals surface area contributed by atoms with Gasteiger partial charge in [0, 0.05) is 11.1 Å². The van der Waals surface area contributed by atoms with Crippen LogP contribution in [0.5, 0.6) is 0 Å². The Hall–Kier alpha value is -4.23. The van der Waals surface area contributed by atoms with Crippen molar-refractivity contribution in [3.05, 3.63) is 96.8 Å². The Morgan fingerprint density at radius 2 is 1.53 bits per heavy atom. The first-order valence-corrected chi connectivity index (χ1v) is 9.77. The smallest absolute Gasteiger partial charge is 0.141 e. The Bertz CT molecular complexity index is 1400. The highest BCUT2D eigenvalue weighted by molar-refractivity contribution is 5.95. The normalized spacial score (nSPS) is 10.8. The molecule has 0 unspecified atom stereocenters. The maximum atomic E-state index is 8.84. The third-order valence-corrected chi connectivity index (χ3v) is 5.22. The molecule has 5 rings (SSSR count). The zero-order valence-electron chi connectivity index (χ0n) is 16.2. The quantitative estimate of drug-likeness (QED) is 0.396. The van der Waals surface area contributed by atoms with Crippen molar-refractivity contribution in [1.29, 1.82) is 5.26 Å². The van der Waals surface area contributed by atoms with Crippen LogP contribution in [0.25, 0.3) is 32.8 Å². The molecule has 0 fully saturated rings. The number of fused-ring (bicyclic) bond motifs is 2. The summed E-state index contributed by atoms with van der Waals surface area (Å²) in [5.41, 5.74) is 5.09. The molecule has 5 aromatic rings. The van der Waals surface area contributed by atoms with E-state index in [2.05, 4.69) is 76.0 Å². The van der Waals surface area contributed by atoms with E-state index in [4.69, 9.17) is 5.26 Å². The molecule has 0 saturated carbocycles. The number of hydrogen-bond acceptors (Lipinski definition) is 4. The largest absolute Gasteiger partial charge is 0.340 e. The van der Waals surface area contributed by atoms with Crippen LogP contribution < -0.4 is 5.32 Å². The zero-order valence-corrected chi connectivity index (χ0v) is 16.2. The van der Waals surface area contributed by atoms with E-state index in [9.17, 15) is 0 Å². The predicted octanol–water partition coefficient (Wildman–Crippen LogP) is 6.26. The summed E-state index contributed by atoms with van der Waals surface area (Å²) in [6, 6.07) is 31.1. The molecule has 142 valence electrons. The van der Waals surface area contributed by atoms with Gasteiger partial charge in [-0.3, -0.25) is 0 Å². The minimum absolute atomic E-state index is 0.409. The fraction of sp³-hybridized carbons (Fsp3) is 0.0385. The van der Waals surface area contributed by atoms with Crippen LogP contribution in [-0.2, 0) is 6.42 Å². The highest BCUT2D eigenvalue weighted by atomic mass is 15.0. The molecule has 4 aromatic carbocycles. The van der Waals surface area contributed by atoms with E-state index in [-0.39, 0.29) is 0 Å². The Balaban J connectivity index is 1.54. The van der Waals surface area contributed by atoms with Gasteiger partial charge in [0.15, 0.2) is 0 Å². The molecule has 0 radical (unpaired) electrons. The van der Waals surface area contributed by atoms with Crippen LogP contribution in [-0.4, -0.2) is 9.97 Å². The number of aromatic nitrogens is 2. The molecule has 30 heavy (non-hydrogen) atoms.